The van der Waals surface area contributed by atoms with Gasteiger partial charge in [-0.25, -0.2) is 4.98 Å². The number of fused-ring (bicyclic) bond motifs is 1. The average molecular weight is 244 g/mol. The van der Waals surface area contributed by atoms with E-state index in [1.807, 2.05) is 25.1 Å². The molecule has 0 amide bonds. The standard InChI is InChI=1S/C14H16N2O2/c1-9-15-11-5-4-10(8-12(11)16-9)14(6-3-7-14)13(17)18-2/h4-5,8H,3,6-7H2,1-2H3,(H,15,16). The monoisotopic (exact) mass is 244 g/mol. The van der Waals surface area contributed by atoms with Crippen molar-refractivity contribution >= 4 is 17.0 Å². The molecule has 0 spiro atoms. The maximum Gasteiger partial charge on any atom is 0.316 e. The third-order valence-corrected chi connectivity index (χ3v) is 3.94. The first-order valence-electron chi connectivity index (χ1n) is 6.21. The Labute approximate surface area is 105 Å². The molecule has 4 heteroatoms. The second kappa shape index (κ2) is 3.83. The van der Waals surface area contributed by atoms with Gasteiger partial charge < -0.3 is 9.72 Å². The van der Waals surface area contributed by atoms with E-state index >= 15 is 0 Å². The maximum atomic E-state index is 12.0. The van der Waals surface area contributed by atoms with Crippen LogP contribution < -0.4 is 0 Å². The van der Waals surface area contributed by atoms with Crippen LogP contribution in [0.1, 0.15) is 30.7 Å². The highest BCUT2D eigenvalue weighted by atomic mass is 16.5. The van der Waals surface area contributed by atoms with Crippen molar-refractivity contribution in [2.24, 2.45) is 0 Å². The molecule has 3 rings (SSSR count). The van der Waals surface area contributed by atoms with Gasteiger partial charge in [0, 0.05) is 0 Å². The van der Waals surface area contributed by atoms with Crippen molar-refractivity contribution in [2.45, 2.75) is 31.6 Å². The minimum atomic E-state index is -0.429. The summed E-state index contributed by atoms with van der Waals surface area (Å²) in [6.45, 7) is 1.93. The summed E-state index contributed by atoms with van der Waals surface area (Å²) in [5.41, 5.74) is 2.54. The van der Waals surface area contributed by atoms with Gasteiger partial charge in [-0.15, -0.1) is 0 Å². The number of ether oxygens (including phenoxy) is 1. The Morgan fingerprint density at radius 2 is 2.22 bits per heavy atom. The molecule has 1 N–H and O–H groups in total. The lowest BCUT2D eigenvalue weighted by molar-refractivity contribution is -0.151. The van der Waals surface area contributed by atoms with Crippen molar-refractivity contribution in [1.29, 1.82) is 0 Å². The number of rotatable bonds is 2. The number of aryl methyl sites for hydroxylation is 1. The number of nitrogens with one attached hydrogen (secondary N) is 1. The van der Waals surface area contributed by atoms with E-state index in [1.165, 1.54) is 7.11 Å². The number of aromatic amines is 1. The molecule has 18 heavy (non-hydrogen) atoms. The fourth-order valence-electron chi connectivity index (χ4n) is 2.77. The molecular formula is C14H16N2O2. The van der Waals surface area contributed by atoms with E-state index in [1.54, 1.807) is 0 Å². The lowest BCUT2D eigenvalue weighted by Crippen LogP contribution is -2.43. The highest BCUT2D eigenvalue weighted by Gasteiger charge is 2.46. The summed E-state index contributed by atoms with van der Waals surface area (Å²) in [7, 11) is 1.46. The number of methoxy groups -OCH3 is 1. The molecule has 94 valence electrons. The van der Waals surface area contributed by atoms with E-state index in [0.717, 1.165) is 41.7 Å². The molecule has 0 unspecified atom stereocenters. The third-order valence-electron chi connectivity index (χ3n) is 3.94. The van der Waals surface area contributed by atoms with Crippen LogP contribution in [0.25, 0.3) is 11.0 Å². The van der Waals surface area contributed by atoms with Crippen LogP contribution in [0.15, 0.2) is 18.2 Å². The van der Waals surface area contributed by atoms with Crippen molar-refractivity contribution in [1.82, 2.24) is 9.97 Å². The Balaban J connectivity index is 2.10. The lowest BCUT2D eigenvalue weighted by Gasteiger charge is -2.39. The van der Waals surface area contributed by atoms with E-state index in [4.69, 9.17) is 4.74 Å². The quantitative estimate of drug-likeness (QED) is 0.826. The normalized spacial score (nSPS) is 17.4. The number of H-pyrrole nitrogens is 1. The van der Waals surface area contributed by atoms with Crippen LogP contribution >= 0.6 is 0 Å². The molecule has 1 aliphatic carbocycles. The van der Waals surface area contributed by atoms with Crippen molar-refractivity contribution in [2.75, 3.05) is 7.11 Å². The molecule has 1 aromatic carbocycles. The Morgan fingerprint density at radius 1 is 1.44 bits per heavy atom. The fourth-order valence-corrected chi connectivity index (χ4v) is 2.77. The lowest BCUT2D eigenvalue weighted by atomic mass is 9.64. The zero-order chi connectivity index (χ0) is 12.8. The predicted octanol–water partition coefficient (Wildman–Crippen LogP) is 2.47. The average Bonchev–Trinajstić information content (AvgIpc) is 2.66. The van der Waals surface area contributed by atoms with Gasteiger partial charge in [0.2, 0.25) is 0 Å². The van der Waals surface area contributed by atoms with Crippen LogP contribution in [-0.2, 0) is 14.9 Å². The molecule has 0 aliphatic heterocycles. The fraction of sp³-hybridized carbons (Fsp3) is 0.429. The van der Waals surface area contributed by atoms with Crippen LogP contribution in [0.5, 0.6) is 0 Å². The van der Waals surface area contributed by atoms with Crippen molar-refractivity contribution in [3.05, 3.63) is 29.6 Å². The number of imidazole rings is 1. The van der Waals surface area contributed by atoms with Gasteiger partial charge in [0.25, 0.3) is 0 Å². The molecule has 1 saturated carbocycles. The highest BCUT2D eigenvalue weighted by molar-refractivity contribution is 5.86. The minimum Gasteiger partial charge on any atom is -0.468 e. The van der Waals surface area contributed by atoms with E-state index in [0.29, 0.717) is 0 Å². The Hall–Kier alpha value is -1.84. The summed E-state index contributed by atoms with van der Waals surface area (Å²) in [6, 6.07) is 6.00. The molecule has 4 nitrogen and oxygen atoms in total. The summed E-state index contributed by atoms with van der Waals surface area (Å²) >= 11 is 0. The second-order valence-electron chi connectivity index (χ2n) is 4.98. The van der Waals surface area contributed by atoms with Gasteiger partial charge in [-0.1, -0.05) is 12.5 Å². The summed E-state index contributed by atoms with van der Waals surface area (Å²) < 4.78 is 4.96. The number of benzene rings is 1. The SMILES string of the molecule is COC(=O)C1(c2ccc3nc(C)[nH]c3c2)CCC1. The van der Waals surface area contributed by atoms with Gasteiger partial charge >= 0.3 is 5.97 Å². The molecule has 0 saturated heterocycles. The first-order chi connectivity index (χ1) is 8.65. The Kier molecular flexibility index (Phi) is 2.40. The molecule has 0 atom stereocenters. The first-order valence-corrected chi connectivity index (χ1v) is 6.21. The van der Waals surface area contributed by atoms with Gasteiger partial charge in [-0.05, 0) is 37.5 Å². The van der Waals surface area contributed by atoms with E-state index in [2.05, 4.69) is 9.97 Å². The summed E-state index contributed by atoms with van der Waals surface area (Å²) in [4.78, 5) is 19.6. The molecule has 1 aliphatic rings. The van der Waals surface area contributed by atoms with Crippen LogP contribution in [-0.4, -0.2) is 23.0 Å². The van der Waals surface area contributed by atoms with Crippen LogP contribution in [0, 0.1) is 6.92 Å². The number of carbonyl (C=O) groups excluding carboxylic acids is 1. The van der Waals surface area contributed by atoms with Crippen molar-refractivity contribution in [3.8, 4) is 0 Å². The third kappa shape index (κ3) is 1.45. The number of aromatic nitrogens is 2. The van der Waals surface area contributed by atoms with E-state index < -0.39 is 5.41 Å². The van der Waals surface area contributed by atoms with Crippen LogP contribution in [0.3, 0.4) is 0 Å². The summed E-state index contributed by atoms with van der Waals surface area (Å²) in [6.07, 6.45) is 2.83. The topological polar surface area (TPSA) is 55.0 Å². The van der Waals surface area contributed by atoms with Gasteiger partial charge in [-0.2, -0.15) is 0 Å². The second-order valence-corrected chi connectivity index (χ2v) is 4.98. The molecule has 1 heterocycles. The number of hydrogen-bond donors (Lipinski definition) is 1. The van der Waals surface area contributed by atoms with E-state index in [9.17, 15) is 4.79 Å². The van der Waals surface area contributed by atoms with Crippen LogP contribution in [0.4, 0.5) is 0 Å². The number of esters is 1. The van der Waals surface area contributed by atoms with Gasteiger partial charge in [0.15, 0.2) is 0 Å². The Bertz CT molecular complexity index is 611. The van der Waals surface area contributed by atoms with Crippen molar-refractivity contribution in [3.63, 3.8) is 0 Å². The number of nitrogens with zero attached hydrogens (tertiary/aromatic N) is 1. The zero-order valence-electron chi connectivity index (χ0n) is 10.6. The number of hydrogen-bond acceptors (Lipinski definition) is 3. The minimum absolute atomic E-state index is 0.121. The molecule has 0 bridgehead atoms. The zero-order valence-corrected chi connectivity index (χ0v) is 10.6. The molecular weight excluding hydrogens is 228 g/mol. The largest absolute Gasteiger partial charge is 0.468 e. The first kappa shape index (κ1) is 11.3. The van der Waals surface area contributed by atoms with Gasteiger partial charge in [-0.3, -0.25) is 4.79 Å². The van der Waals surface area contributed by atoms with Crippen LogP contribution in [0.2, 0.25) is 0 Å². The smallest absolute Gasteiger partial charge is 0.316 e. The molecule has 2 aromatic rings. The van der Waals surface area contributed by atoms with Gasteiger partial charge in [0.05, 0.1) is 23.6 Å². The van der Waals surface area contributed by atoms with Crippen molar-refractivity contribution < 1.29 is 9.53 Å². The predicted molar refractivity (Wildman–Crippen MR) is 68.4 cm³/mol. The highest BCUT2D eigenvalue weighted by Crippen LogP contribution is 2.45. The molecule has 1 aromatic heterocycles. The summed E-state index contributed by atoms with van der Waals surface area (Å²) in [5.74, 6) is 0.771. The Morgan fingerprint density at radius 3 is 2.83 bits per heavy atom. The van der Waals surface area contributed by atoms with E-state index in [-0.39, 0.29) is 5.97 Å². The number of carbonyl (C=O) groups is 1. The van der Waals surface area contributed by atoms with Gasteiger partial charge in [0.1, 0.15) is 5.82 Å². The summed E-state index contributed by atoms with van der Waals surface area (Å²) in [5, 5.41) is 0. The molecule has 1 fully saturated rings. The maximum absolute atomic E-state index is 12.0. The molecule has 0 radical (unpaired) electrons.